The molecule has 0 amide bonds. The van der Waals surface area contributed by atoms with Crippen molar-refractivity contribution in [3.8, 4) is 5.88 Å². The number of hydrogen-bond acceptors (Lipinski definition) is 1. The van der Waals surface area contributed by atoms with E-state index in [1.54, 1.807) is 0 Å². The van der Waals surface area contributed by atoms with Gasteiger partial charge in [0, 0.05) is 0 Å². The molecule has 4 saturated carbocycles. The fourth-order valence-electron chi connectivity index (χ4n) is 5.85. The summed E-state index contributed by atoms with van der Waals surface area (Å²) < 4.78 is 17.3. The molecule has 4 fully saturated rings. The number of benzene rings is 1. The van der Waals surface area contributed by atoms with E-state index in [2.05, 4.69) is 9.36 Å². The minimum atomic E-state index is -0.200. The lowest BCUT2D eigenvalue weighted by molar-refractivity contribution is -0.0450. The molecule has 0 radical (unpaired) electrons. The molecule has 4 bridgehead atoms. The van der Waals surface area contributed by atoms with Gasteiger partial charge in [-0.25, -0.2) is 9.07 Å². The molecular weight excluding hydrogens is 291 g/mol. The predicted molar refractivity (Wildman–Crippen MR) is 85.7 cm³/mol. The molecule has 4 aliphatic rings. The second-order valence-electron chi connectivity index (χ2n) is 7.98. The van der Waals surface area contributed by atoms with Crippen LogP contribution in [0.2, 0.25) is 0 Å². The fourth-order valence-corrected chi connectivity index (χ4v) is 5.85. The third-order valence-electron chi connectivity index (χ3n) is 6.49. The number of rotatable bonds is 3. The Hall–Kier alpha value is -1.71. The van der Waals surface area contributed by atoms with Crippen LogP contribution in [-0.2, 0) is 6.54 Å². The largest absolute Gasteiger partial charge is 0.492 e. The van der Waals surface area contributed by atoms with Crippen LogP contribution in [0, 0.1) is 29.5 Å². The third kappa shape index (κ3) is 2.14. The lowest BCUT2D eigenvalue weighted by Gasteiger charge is -2.55. The number of hydrogen-bond donors (Lipinski definition) is 1. The minimum absolute atomic E-state index is 0.200. The van der Waals surface area contributed by atoms with Gasteiger partial charge in [-0.3, -0.25) is 4.68 Å². The van der Waals surface area contributed by atoms with Crippen LogP contribution in [-0.4, -0.2) is 14.5 Å². The zero-order chi connectivity index (χ0) is 15.6. The zero-order valence-corrected chi connectivity index (χ0v) is 13.2. The maximum Gasteiger partial charge on any atom is 0.224 e. The molecule has 4 heteroatoms. The van der Waals surface area contributed by atoms with Gasteiger partial charge in [0.25, 0.3) is 0 Å². The monoisotopic (exact) mass is 314 g/mol. The van der Waals surface area contributed by atoms with Gasteiger partial charge >= 0.3 is 0 Å². The Morgan fingerprint density at radius 1 is 0.957 bits per heavy atom. The number of aromatic hydroxyl groups is 1. The Morgan fingerprint density at radius 3 is 2.13 bits per heavy atom. The molecule has 0 unspecified atom stereocenters. The molecule has 0 saturated heterocycles. The smallest absolute Gasteiger partial charge is 0.224 e. The van der Waals surface area contributed by atoms with E-state index < -0.39 is 0 Å². The Morgan fingerprint density at radius 2 is 1.57 bits per heavy atom. The molecule has 0 atom stereocenters. The van der Waals surface area contributed by atoms with E-state index in [0.717, 1.165) is 29.2 Å². The predicted octanol–water partition coefficient (Wildman–Crippen LogP) is 4.18. The highest BCUT2D eigenvalue weighted by Crippen LogP contribution is 2.59. The maximum absolute atomic E-state index is 13.1. The molecule has 0 aliphatic heterocycles. The summed E-state index contributed by atoms with van der Waals surface area (Å²) in [5.41, 5.74) is 1.07. The Balaban J connectivity index is 1.42. The van der Waals surface area contributed by atoms with Gasteiger partial charge in [-0.2, -0.15) is 0 Å². The standard InChI is InChI=1S/C19H23FN2O/c20-17-3-1-12(2-4-17)10-21-11-18(23)22(21)19-15-6-13-5-14(8-15)9-16(19)7-13/h1-4,11,13-16,19,23H,5-10H2. The average molecular weight is 314 g/mol. The molecule has 2 aromatic rings. The average Bonchev–Trinajstić information content (AvgIpc) is 2.51. The van der Waals surface area contributed by atoms with Gasteiger partial charge in [0.1, 0.15) is 5.82 Å². The Bertz CT molecular complexity index is 686. The highest BCUT2D eigenvalue weighted by atomic mass is 19.1. The lowest BCUT2D eigenvalue weighted by atomic mass is 9.54. The van der Waals surface area contributed by atoms with Crippen molar-refractivity contribution in [2.75, 3.05) is 0 Å². The molecule has 1 N–H and O–H groups in total. The summed E-state index contributed by atoms with van der Waals surface area (Å²) in [5, 5.41) is 10.3. The van der Waals surface area contributed by atoms with E-state index in [1.807, 2.05) is 18.3 Å². The first-order valence-electron chi connectivity index (χ1n) is 8.88. The van der Waals surface area contributed by atoms with Crippen molar-refractivity contribution in [3.63, 3.8) is 0 Å². The summed E-state index contributed by atoms with van der Waals surface area (Å²) in [7, 11) is 0. The van der Waals surface area contributed by atoms with Crippen LogP contribution in [0.4, 0.5) is 4.39 Å². The molecule has 6 rings (SSSR count). The quantitative estimate of drug-likeness (QED) is 0.905. The van der Waals surface area contributed by atoms with Gasteiger partial charge in [-0.1, -0.05) is 12.1 Å². The molecule has 0 spiro atoms. The molecule has 4 aliphatic carbocycles. The van der Waals surface area contributed by atoms with Crippen molar-refractivity contribution in [3.05, 3.63) is 41.8 Å². The highest BCUT2D eigenvalue weighted by Gasteiger charge is 2.50. The minimum Gasteiger partial charge on any atom is -0.492 e. The summed E-state index contributed by atoms with van der Waals surface area (Å²) in [6.07, 6.45) is 8.62. The SMILES string of the molecule is Oc1cn(Cc2ccc(F)cc2)n1C1C2CC3CC(C2)CC1C3. The van der Waals surface area contributed by atoms with Crippen LogP contribution < -0.4 is 0 Å². The summed E-state index contributed by atoms with van der Waals surface area (Å²) in [5.74, 6) is 3.55. The van der Waals surface area contributed by atoms with E-state index in [1.165, 1.54) is 44.2 Å². The first-order valence-corrected chi connectivity index (χ1v) is 8.88. The summed E-state index contributed by atoms with van der Waals surface area (Å²) in [6, 6.07) is 7.13. The zero-order valence-electron chi connectivity index (χ0n) is 13.2. The molecule has 122 valence electrons. The van der Waals surface area contributed by atoms with Crippen LogP contribution in [0.15, 0.2) is 30.5 Å². The lowest BCUT2D eigenvalue weighted by Crippen LogP contribution is -2.48. The molecule has 1 aromatic carbocycles. The summed E-state index contributed by atoms with van der Waals surface area (Å²) >= 11 is 0. The Labute approximate surface area is 135 Å². The second-order valence-corrected chi connectivity index (χ2v) is 7.98. The van der Waals surface area contributed by atoms with Crippen molar-refractivity contribution in [1.82, 2.24) is 9.36 Å². The normalized spacial score (nSPS) is 35.1. The number of halogens is 1. The third-order valence-corrected chi connectivity index (χ3v) is 6.49. The second kappa shape index (κ2) is 4.89. The molecule has 23 heavy (non-hydrogen) atoms. The van der Waals surface area contributed by atoms with Crippen molar-refractivity contribution < 1.29 is 9.50 Å². The highest BCUT2D eigenvalue weighted by molar-refractivity contribution is 5.19. The molecular formula is C19H23FN2O. The van der Waals surface area contributed by atoms with E-state index in [-0.39, 0.29) is 5.82 Å². The topological polar surface area (TPSA) is 30.1 Å². The fraction of sp³-hybridized carbons (Fsp3) is 0.579. The summed E-state index contributed by atoms with van der Waals surface area (Å²) in [4.78, 5) is 0. The van der Waals surface area contributed by atoms with Crippen LogP contribution in [0.1, 0.15) is 43.7 Å². The van der Waals surface area contributed by atoms with Gasteiger partial charge < -0.3 is 5.11 Å². The first kappa shape index (κ1) is 13.7. The van der Waals surface area contributed by atoms with E-state index in [0.29, 0.717) is 18.5 Å². The van der Waals surface area contributed by atoms with Crippen molar-refractivity contribution in [2.45, 2.75) is 44.7 Å². The Kier molecular flexibility index (Phi) is 2.91. The van der Waals surface area contributed by atoms with Crippen molar-refractivity contribution in [1.29, 1.82) is 0 Å². The molecule has 3 nitrogen and oxygen atoms in total. The van der Waals surface area contributed by atoms with Crippen LogP contribution >= 0.6 is 0 Å². The number of aromatic nitrogens is 2. The van der Waals surface area contributed by atoms with Gasteiger partial charge in [0.15, 0.2) is 0 Å². The number of nitrogens with zero attached hydrogens (tertiary/aromatic N) is 2. The van der Waals surface area contributed by atoms with Crippen molar-refractivity contribution in [2.24, 2.45) is 23.7 Å². The van der Waals surface area contributed by atoms with Crippen LogP contribution in [0.3, 0.4) is 0 Å². The molecule has 1 heterocycles. The van der Waals surface area contributed by atoms with E-state index in [9.17, 15) is 9.50 Å². The van der Waals surface area contributed by atoms with E-state index in [4.69, 9.17) is 0 Å². The molecule has 1 aromatic heterocycles. The van der Waals surface area contributed by atoms with Gasteiger partial charge in [-0.15, -0.1) is 0 Å². The van der Waals surface area contributed by atoms with Crippen LogP contribution in [0.5, 0.6) is 5.88 Å². The summed E-state index contributed by atoms with van der Waals surface area (Å²) in [6.45, 7) is 0.702. The van der Waals surface area contributed by atoms with Gasteiger partial charge in [0.2, 0.25) is 5.88 Å². The van der Waals surface area contributed by atoms with Gasteiger partial charge in [-0.05, 0) is 73.5 Å². The van der Waals surface area contributed by atoms with Crippen LogP contribution in [0.25, 0.3) is 0 Å². The van der Waals surface area contributed by atoms with E-state index >= 15 is 0 Å². The maximum atomic E-state index is 13.1. The van der Waals surface area contributed by atoms with Gasteiger partial charge in [0.05, 0.1) is 18.8 Å². The first-order chi connectivity index (χ1) is 11.2. The van der Waals surface area contributed by atoms with Crippen molar-refractivity contribution >= 4 is 0 Å².